The van der Waals surface area contributed by atoms with E-state index in [4.69, 9.17) is 18.1 Å². The molecule has 11 heteroatoms. The number of rotatable bonds is 24. The second-order valence-corrected chi connectivity index (χ2v) is 11.3. The minimum atomic E-state index is -4.04. The fourth-order valence-electron chi connectivity index (χ4n) is 2.90. The van der Waals surface area contributed by atoms with Crippen molar-refractivity contribution in [3.8, 4) is 0 Å². The van der Waals surface area contributed by atoms with Crippen LogP contribution in [0, 0.1) is 0 Å². The Balaban J connectivity index is -0.000000569. The van der Waals surface area contributed by atoms with E-state index >= 15 is 0 Å². The van der Waals surface area contributed by atoms with Crippen molar-refractivity contribution in [1.29, 1.82) is 0 Å². The van der Waals surface area contributed by atoms with Crippen molar-refractivity contribution in [1.82, 2.24) is 0 Å². The predicted molar refractivity (Wildman–Crippen MR) is 136 cm³/mol. The third-order valence-corrected chi connectivity index (χ3v) is 6.98. The summed E-state index contributed by atoms with van der Waals surface area (Å²) in [5.74, 6) is 0. The van der Waals surface area contributed by atoms with Crippen LogP contribution in [-0.2, 0) is 43.7 Å². The van der Waals surface area contributed by atoms with Gasteiger partial charge >= 0.3 is 16.5 Å². The quantitative estimate of drug-likeness (QED) is 0.0655. The van der Waals surface area contributed by atoms with Gasteiger partial charge in [0.2, 0.25) is 0 Å². The molecule has 0 atom stereocenters. The molecule has 216 valence electrons. The third-order valence-electron chi connectivity index (χ3n) is 4.99. The molecule has 0 radical (unpaired) electrons. The summed E-state index contributed by atoms with van der Waals surface area (Å²) in [7, 11) is -8.08. The molecule has 0 aliphatic heterocycles. The molecule has 0 aliphatic rings. The molecule has 0 N–H and O–H groups in total. The van der Waals surface area contributed by atoms with E-state index in [0.717, 1.165) is 103 Å². The summed E-state index contributed by atoms with van der Waals surface area (Å²) in [5, 5.41) is 0. The molecule has 0 saturated carbocycles. The molecule has 0 aromatic rings. The molecule has 0 heterocycles. The van der Waals surface area contributed by atoms with Gasteiger partial charge in [-0.1, -0.05) is 105 Å². The molecular formula is C24H52NiO8P2. The van der Waals surface area contributed by atoms with Crippen LogP contribution in [0.5, 0.6) is 0 Å². The van der Waals surface area contributed by atoms with Gasteiger partial charge in [0, 0.05) is 0 Å². The Labute approximate surface area is 225 Å². The fourth-order valence-corrected chi connectivity index (χ4v) is 4.46. The predicted octanol–water partition coefficient (Wildman–Crippen LogP) is 7.29. The largest absolute Gasteiger partial charge is 2.00 e. The number of phosphoric acid groups is 2. The van der Waals surface area contributed by atoms with Gasteiger partial charge < -0.3 is 27.9 Å². The normalized spacial score (nSPS) is 11.6. The summed E-state index contributed by atoms with van der Waals surface area (Å²) < 4.78 is 41.6. The van der Waals surface area contributed by atoms with Crippen molar-refractivity contribution in [2.45, 2.75) is 130 Å². The molecule has 0 amide bonds. The van der Waals surface area contributed by atoms with Crippen molar-refractivity contribution in [3.05, 3.63) is 0 Å². The van der Waals surface area contributed by atoms with Crippen LogP contribution in [0.25, 0.3) is 0 Å². The Kier molecular flexibility index (Phi) is 33.6. The summed E-state index contributed by atoms with van der Waals surface area (Å²) in [6.45, 7) is 9.42. The first-order valence-electron chi connectivity index (χ1n) is 13.4. The Bertz CT molecular complexity index is 432. The Morgan fingerprint density at radius 3 is 0.800 bits per heavy atom. The van der Waals surface area contributed by atoms with E-state index in [1.54, 1.807) is 0 Å². The van der Waals surface area contributed by atoms with Gasteiger partial charge in [-0.2, -0.15) is 0 Å². The number of hydrogen-bond acceptors (Lipinski definition) is 8. The topological polar surface area (TPSA) is 117 Å². The summed E-state index contributed by atoms with van der Waals surface area (Å²) in [5.41, 5.74) is 0. The van der Waals surface area contributed by atoms with Crippen molar-refractivity contribution < 1.29 is 53.5 Å². The Morgan fingerprint density at radius 2 is 0.629 bits per heavy atom. The van der Waals surface area contributed by atoms with Crippen LogP contribution < -0.4 is 9.79 Å². The van der Waals surface area contributed by atoms with Crippen molar-refractivity contribution >= 4 is 15.6 Å². The van der Waals surface area contributed by atoms with Gasteiger partial charge in [-0.25, -0.2) is 0 Å². The SMILES string of the molecule is CCCCCCOP(=O)([O-])OCCCCCC.CCCCCCOP(=O)([O-])OCCCCCC.[Ni+2]. The maximum absolute atomic E-state index is 11.3. The zero-order valence-corrected chi connectivity index (χ0v) is 25.4. The minimum absolute atomic E-state index is 0. The summed E-state index contributed by atoms with van der Waals surface area (Å²) in [4.78, 5) is 22.6. The van der Waals surface area contributed by atoms with Gasteiger partial charge in [0.25, 0.3) is 15.6 Å². The summed E-state index contributed by atoms with van der Waals surface area (Å²) in [6.07, 6.45) is 16.1. The second kappa shape index (κ2) is 29.3. The maximum Gasteiger partial charge on any atom is 2.00 e. The number of unbranched alkanes of at least 4 members (excludes halogenated alkanes) is 12. The van der Waals surface area contributed by atoms with E-state index in [1.165, 1.54) is 0 Å². The molecule has 0 rings (SSSR count). The molecule has 0 spiro atoms. The molecular weight excluding hydrogens is 537 g/mol. The third kappa shape index (κ3) is 34.7. The van der Waals surface area contributed by atoms with Crippen LogP contribution in [0.3, 0.4) is 0 Å². The van der Waals surface area contributed by atoms with Gasteiger partial charge in [-0.15, -0.1) is 0 Å². The molecule has 0 saturated heterocycles. The van der Waals surface area contributed by atoms with E-state index in [-0.39, 0.29) is 42.9 Å². The number of phosphoric ester groups is 2. The smallest absolute Gasteiger partial charge is 0.756 e. The standard InChI is InChI=1S/2C12H27O4P.Ni/c2*1-3-5-7-9-11-15-17(13,14)16-12-10-8-6-4-2;/h2*3-12H2,1-2H3,(H,13,14);/q;;+2/p-2. The molecule has 0 aliphatic carbocycles. The molecule has 35 heavy (non-hydrogen) atoms. The van der Waals surface area contributed by atoms with Crippen LogP contribution >= 0.6 is 15.6 Å². The van der Waals surface area contributed by atoms with E-state index in [9.17, 15) is 18.9 Å². The van der Waals surface area contributed by atoms with Crippen LogP contribution in [0.15, 0.2) is 0 Å². The van der Waals surface area contributed by atoms with Crippen molar-refractivity contribution in [2.75, 3.05) is 26.4 Å². The van der Waals surface area contributed by atoms with E-state index in [0.29, 0.717) is 0 Å². The Morgan fingerprint density at radius 1 is 0.429 bits per heavy atom. The molecule has 0 bridgehead atoms. The van der Waals surface area contributed by atoms with E-state index in [2.05, 4.69) is 27.7 Å². The first kappa shape index (κ1) is 40.2. The summed E-state index contributed by atoms with van der Waals surface area (Å²) in [6, 6.07) is 0. The number of hydrogen-bond donors (Lipinski definition) is 0. The Hall–Kier alpha value is 0.714. The van der Waals surface area contributed by atoms with Crippen LogP contribution in [0.1, 0.15) is 130 Å². The summed E-state index contributed by atoms with van der Waals surface area (Å²) >= 11 is 0. The average Bonchev–Trinajstić information content (AvgIpc) is 2.79. The van der Waals surface area contributed by atoms with Gasteiger partial charge in [-0.05, 0) is 25.7 Å². The zero-order valence-electron chi connectivity index (χ0n) is 22.6. The van der Waals surface area contributed by atoms with Crippen LogP contribution in [0.4, 0.5) is 0 Å². The first-order valence-corrected chi connectivity index (χ1v) is 16.4. The van der Waals surface area contributed by atoms with Crippen LogP contribution in [-0.4, -0.2) is 26.4 Å². The van der Waals surface area contributed by atoms with Crippen molar-refractivity contribution in [3.63, 3.8) is 0 Å². The second-order valence-electron chi connectivity index (χ2n) is 8.47. The van der Waals surface area contributed by atoms with E-state index < -0.39 is 15.6 Å². The molecule has 8 nitrogen and oxygen atoms in total. The molecule has 0 aromatic heterocycles. The van der Waals surface area contributed by atoms with Gasteiger partial charge in [0.1, 0.15) is 0 Å². The molecule has 0 unspecified atom stereocenters. The van der Waals surface area contributed by atoms with Gasteiger partial charge in [0.05, 0.1) is 26.4 Å². The van der Waals surface area contributed by atoms with Crippen LogP contribution in [0.2, 0.25) is 0 Å². The zero-order chi connectivity index (χ0) is 26.0. The molecule has 0 aromatic carbocycles. The maximum atomic E-state index is 11.3. The van der Waals surface area contributed by atoms with E-state index in [1.807, 2.05) is 0 Å². The van der Waals surface area contributed by atoms with Gasteiger partial charge in [0.15, 0.2) is 0 Å². The van der Waals surface area contributed by atoms with Gasteiger partial charge in [-0.3, -0.25) is 9.13 Å². The van der Waals surface area contributed by atoms with Crippen molar-refractivity contribution in [2.24, 2.45) is 0 Å². The average molecular weight is 589 g/mol. The first-order chi connectivity index (χ1) is 16.2. The monoisotopic (exact) mass is 588 g/mol. The molecule has 0 fully saturated rings. The fraction of sp³-hybridized carbons (Fsp3) is 1.00. The minimum Gasteiger partial charge on any atom is -0.756 e.